The van der Waals surface area contributed by atoms with Gasteiger partial charge >= 0.3 is 0 Å². The molecule has 1 amide bonds. The molecule has 0 radical (unpaired) electrons. The first-order valence-corrected chi connectivity index (χ1v) is 11.0. The average molecular weight is 447 g/mol. The fourth-order valence-electron chi connectivity index (χ4n) is 3.40. The third kappa shape index (κ3) is 4.08. The second-order valence-corrected chi connectivity index (χ2v) is 8.97. The number of carbonyl (C=O) groups is 1. The lowest BCUT2D eigenvalue weighted by atomic mass is 10.2. The van der Waals surface area contributed by atoms with Gasteiger partial charge in [-0.2, -0.15) is 4.31 Å². The molecule has 0 aliphatic carbocycles. The fourth-order valence-corrected chi connectivity index (χ4v) is 4.87. The van der Waals surface area contributed by atoms with Gasteiger partial charge in [0.2, 0.25) is 15.9 Å². The van der Waals surface area contributed by atoms with Crippen LogP contribution in [0, 0.1) is 18.6 Å². The maximum Gasteiger partial charge on any atom is 0.276 e. The van der Waals surface area contributed by atoms with Crippen LogP contribution in [0.4, 0.5) is 8.78 Å². The van der Waals surface area contributed by atoms with E-state index >= 15 is 0 Å². The molecule has 0 bridgehead atoms. The molecule has 0 N–H and O–H groups in total. The molecule has 1 aliphatic rings. The van der Waals surface area contributed by atoms with Crippen molar-refractivity contribution in [1.82, 2.24) is 14.2 Å². The lowest BCUT2D eigenvalue weighted by Crippen LogP contribution is -2.50. The molecular weight excluding hydrogens is 428 g/mol. The molecule has 4 rings (SSSR count). The third-order valence-corrected chi connectivity index (χ3v) is 6.99. The minimum atomic E-state index is -4.14. The summed E-state index contributed by atoms with van der Waals surface area (Å²) in [5.74, 6) is -1.68. The van der Waals surface area contributed by atoms with Gasteiger partial charge in [-0.25, -0.2) is 22.2 Å². The van der Waals surface area contributed by atoms with Crippen LogP contribution in [0.2, 0.25) is 0 Å². The van der Waals surface area contributed by atoms with Crippen molar-refractivity contribution in [3.8, 4) is 11.5 Å². The molecule has 1 aliphatic heterocycles. The lowest BCUT2D eigenvalue weighted by molar-refractivity contribution is 0.0690. The zero-order valence-corrected chi connectivity index (χ0v) is 17.4. The van der Waals surface area contributed by atoms with Crippen LogP contribution in [0.1, 0.15) is 16.2 Å². The third-order valence-electron chi connectivity index (χ3n) is 5.06. The molecule has 1 aromatic heterocycles. The average Bonchev–Trinajstić information content (AvgIpc) is 3.15. The van der Waals surface area contributed by atoms with Crippen molar-refractivity contribution in [3.05, 3.63) is 71.6 Å². The summed E-state index contributed by atoms with van der Waals surface area (Å²) in [4.78, 5) is 18.1. The van der Waals surface area contributed by atoms with Gasteiger partial charge in [0.15, 0.2) is 5.69 Å². The number of benzene rings is 2. The predicted octanol–water partition coefficient (Wildman–Crippen LogP) is 3.07. The van der Waals surface area contributed by atoms with Crippen LogP contribution in [0.15, 0.2) is 57.8 Å². The number of sulfonamides is 1. The quantitative estimate of drug-likeness (QED) is 0.614. The van der Waals surface area contributed by atoms with Crippen LogP contribution >= 0.6 is 0 Å². The van der Waals surface area contributed by atoms with Gasteiger partial charge in [-0.1, -0.05) is 18.2 Å². The van der Waals surface area contributed by atoms with E-state index in [1.807, 2.05) is 30.3 Å². The Morgan fingerprint density at radius 2 is 1.71 bits per heavy atom. The van der Waals surface area contributed by atoms with Gasteiger partial charge in [0.25, 0.3) is 5.91 Å². The first-order valence-electron chi connectivity index (χ1n) is 9.54. The van der Waals surface area contributed by atoms with Crippen molar-refractivity contribution in [3.63, 3.8) is 0 Å². The van der Waals surface area contributed by atoms with E-state index < -0.39 is 26.6 Å². The van der Waals surface area contributed by atoms with Crippen LogP contribution in [0.3, 0.4) is 0 Å². The van der Waals surface area contributed by atoms with E-state index in [4.69, 9.17) is 4.42 Å². The highest BCUT2D eigenvalue weighted by molar-refractivity contribution is 7.89. The van der Waals surface area contributed by atoms with Gasteiger partial charge < -0.3 is 9.32 Å². The summed E-state index contributed by atoms with van der Waals surface area (Å²) < 4.78 is 59.2. The Hall–Kier alpha value is -3.11. The number of carbonyl (C=O) groups excluding carboxylic acids is 1. The summed E-state index contributed by atoms with van der Waals surface area (Å²) in [5.41, 5.74) is 0.904. The summed E-state index contributed by atoms with van der Waals surface area (Å²) >= 11 is 0. The van der Waals surface area contributed by atoms with E-state index in [0.29, 0.717) is 17.7 Å². The Morgan fingerprint density at radius 3 is 2.35 bits per heavy atom. The Balaban J connectivity index is 1.48. The summed E-state index contributed by atoms with van der Waals surface area (Å²) in [5, 5.41) is 0. The number of hydrogen-bond donors (Lipinski definition) is 0. The highest BCUT2D eigenvalue weighted by Gasteiger charge is 2.33. The topological polar surface area (TPSA) is 83.7 Å². The zero-order chi connectivity index (χ0) is 22.2. The van der Waals surface area contributed by atoms with Crippen molar-refractivity contribution < 1.29 is 26.4 Å². The molecule has 3 aromatic rings. The molecule has 0 saturated carbocycles. The molecule has 0 atom stereocenters. The van der Waals surface area contributed by atoms with Crippen molar-refractivity contribution in [2.45, 2.75) is 11.8 Å². The Labute approximate surface area is 178 Å². The van der Waals surface area contributed by atoms with Crippen molar-refractivity contribution in [2.24, 2.45) is 0 Å². The second kappa shape index (κ2) is 8.20. The molecule has 162 valence electrons. The molecule has 1 fully saturated rings. The molecule has 0 unspecified atom stereocenters. The second-order valence-electron chi connectivity index (χ2n) is 7.06. The van der Waals surface area contributed by atoms with E-state index in [1.54, 1.807) is 6.92 Å². The van der Waals surface area contributed by atoms with Gasteiger partial charge in [-0.05, 0) is 31.2 Å². The van der Waals surface area contributed by atoms with E-state index in [1.165, 1.54) is 4.90 Å². The van der Waals surface area contributed by atoms with Crippen LogP contribution < -0.4 is 0 Å². The minimum absolute atomic E-state index is 0.0205. The Morgan fingerprint density at radius 1 is 1.03 bits per heavy atom. The number of oxazole rings is 1. The standard InChI is InChI=1S/C21H19F2N3O4S/c1-14-19(24-20(30-14)15-5-3-2-4-6-15)21(27)25-9-11-26(12-10-25)31(28,29)18-8-7-16(22)13-17(18)23/h2-8,13H,9-12H2,1H3. The maximum absolute atomic E-state index is 14.0. The van der Waals surface area contributed by atoms with E-state index in [0.717, 1.165) is 22.0 Å². The summed E-state index contributed by atoms with van der Waals surface area (Å²) in [6, 6.07) is 11.5. The number of rotatable bonds is 4. The van der Waals surface area contributed by atoms with Gasteiger partial charge in [-0.15, -0.1) is 0 Å². The van der Waals surface area contributed by atoms with Crippen molar-refractivity contribution >= 4 is 15.9 Å². The van der Waals surface area contributed by atoms with Crippen molar-refractivity contribution in [2.75, 3.05) is 26.2 Å². The molecule has 10 heteroatoms. The molecule has 1 saturated heterocycles. The monoisotopic (exact) mass is 447 g/mol. The SMILES string of the molecule is Cc1oc(-c2ccccc2)nc1C(=O)N1CCN(S(=O)(=O)c2ccc(F)cc2F)CC1. The minimum Gasteiger partial charge on any atom is -0.441 e. The van der Waals surface area contributed by atoms with Gasteiger partial charge in [0.05, 0.1) is 0 Å². The smallest absolute Gasteiger partial charge is 0.276 e. The van der Waals surface area contributed by atoms with E-state index in [9.17, 15) is 22.0 Å². The number of aromatic nitrogens is 1. The Kier molecular flexibility index (Phi) is 5.59. The molecule has 7 nitrogen and oxygen atoms in total. The highest BCUT2D eigenvalue weighted by atomic mass is 32.2. The van der Waals surface area contributed by atoms with E-state index in [2.05, 4.69) is 4.98 Å². The molecular formula is C21H19F2N3O4S. The number of piperazine rings is 1. The molecule has 2 heterocycles. The number of halogens is 2. The number of aryl methyl sites for hydroxylation is 1. The fraction of sp³-hybridized carbons (Fsp3) is 0.238. The van der Waals surface area contributed by atoms with Gasteiger partial charge in [0, 0.05) is 37.8 Å². The first-order chi connectivity index (χ1) is 14.8. The molecule has 31 heavy (non-hydrogen) atoms. The first kappa shape index (κ1) is 21.1. The molecule has 2 aromatic carbocycles. The summed E-state index contributed by atoms with van der Waals surface area (Å²) in [6.45, 7) is 1.81. The summed E-state index contributed by atoms with van der Waals surface area (Å²) in [7, 11) is -4.14. The normalized spacial score (nSPS) is 15.3. The van der Waals surface area contributed by atoms with Crippen LogP contribution in [0.25, 0.3) is 11.5 Å². The summed E-state index contributed by atoms with van der Waals surface area (Å²) in [6.07, 6.45) is 0. The molecule has 0 spiro atoms. The van der Waals surface area contributed by atoms with Crippen LogP contribution in [0.5, 0.6) is 0 Å². The van der Waals surface area contributed by atoms with Gasteiger partial charge in [-0.3, -0.25) is 4.79 Å². The lowest BCUT2D eigenvalue weighted by Gasteiger charge is -2.33. The Bertz CT molecular complexity index is 1220. The van der Waals surface area contributed by atoms with Crippen LogP contribution in [-0.2, 0) is 10.0 Å². The van der Waals surface area contributed by atoms with Gasteiger partial charge in [0.1, 0.15) is 22.3 Å². The van der Waals surface area contributed by atoms with Crippen molar-refractivity contribution in [1.29, 1.82) is 0 Å². The number of amides is 1. The number of nitrogens with zero attached hydrogens (tertiary/aromatic N) is 3. The largest absolute Gasteiger partial charge is 0.441 e. The van der Waals surface area contributed by atoms with Crippen LogP contribution in [-0.4, -0.2) is 54.7 Å². The highest BCUT2D eigenvalue weighted by Crippen LogP contribution is 2.24. The van der Waals surface area contributed by atoms with E-state index in [-0.39, 0.29) is 37.8 Å². The zero-order valence-electron chi connectivity index (χ0n) is 16.6. The predicted molar refractivity (Wildman–Crippen MR) is 108 cm³/mol. The maximum atomic E-state index is 14.0. The number of hydrogen-bond acceptors (Lipinski definition) is 5.